The van der Waals surface area contributed by atoms with Gasteiger partial charge in [-0.2, -0.15) is 0 Å². The molecule has 0 N–H and O–H groups in total. The van der Waals surface area contributed by atoms with E-state index in [2.05, 4.69) is 0 Å². The van der Waals surface area contributed by atoms with Gasteiger partial charge in [-0.25, -0.2) is 0 Å². The molecule has 0 aromatic heterocycles. The van der Waals surface area contributed by atoms with E-state index >= 15 is 0 Å². The van der Waals surface area contributed by atoms with Crippen LogP contribution in [0.1, 0.15) is 33.1 Å². The molecule has 0 aromatic rings. The average molecular weight is 228 g/mol. The van der Waals surface area contributed by atoms with Crippen molar-refractivity contribution in [2.75, 3.05) is 14.2 Å². The van der Waals surface area contributed by atoms with E-state index in [1.807, 2.05) is 13.8 Å². The number of carbonyl (C=O) groups is 2. The van der Waals surface area contributed by atoms with Gasteiger partial charge in [0.1, 0.15) is 0 Å². The summed E-state index contributed by atoms with van der Waals surface area (Å²) in [7, 11) is 2.79. The number of hydrogen-bond donors (Lipinski definition) is 0. The van der Waals surface area contributed by atoms with Crippen molar-refractivity contribution in [1.82, 2.24) is 0 Å². The van der Waals surface area contributed by atoms with Gasteiger partial charge in [-0.15, -0.1) is 0 Å². The second-order valence-electron chi connectivity index (χ2n) is 4.77. The van der Waals surface area contributed by atoms with Gasteiger partial charge < -0.3 is 9.47 Å². The van der Waals surface area contributed by atoms with Crippen LogP contribution in [0.15, 0.2) is 0 Å². The minimum Gasteiger partial charge on any atom is -0.469 e. The van der Waals surface area contributed by atoms with Crippen molar-refractivity contribution in [1.29, 1.82) is 0 Å². The van der Waals surface area contributed by atoms with Crippen molar-refractivity contribution in [3.63, 3.8) is 0 Å². The van der Waals surface area contributed by atoms with Gasteiger partial charge in [0, 0.05) is 0 Å². The fraction of sp³-hybridized carbons (Fsp3) is 0.833. The Morgan fingerprint density at radius 2 is 1.88 bits per heavy atom. The molecule has 0 saturated heterocycles. The van der Waals surface area contributed by atoms with Gasteiger partial charge in [-0.3, -0.25) is 9.59 Å². The van der Waals surface area contributed by atoms with E-state index in [0.29, 0.717) is 19.3 Å². The van der Waals surface area contributed by atoms with Crippen molar-refractivity contribution in [3.8, 4) is 0 Å². The molecule has 2 atom stereocenters. The minimum absolute atomic E-state index is 0.161. The Morgan fingerprint density at radius 3 is 2.31 bits per heavy atom. The highest BCUT2D eigenvalue weighted by Crippen LogP contribution is 2.48. The van der Waals surface area contributed by atoms with Crippen LogP contribution in [0.3, 0.4) is 0 Å². The van der Waals surface area contributed by atoms with Gasteiger partial charge in [-0.05, 0) is 25.2 Å². The van der Waals surface area contributed by atoms with Gasteiger partial charge in [0.15, 0.2) is 0 Å². The summed E-state index contributed by atoms with van der Waals surface area (Å²) in [5, 5.41) is 0. The van der Waals surface area contributed by atoms with Crippen LogP contribution in [0.4, 0.5) is 0 Å². The van der Waals surface area contributed by atoms with E-state index in [0.717, 1.165) is 0 Å². The van der Waals surface area contributed by atoms with Crippen molar-refractivity contribution in [2.45, 2.75) is 33.1 Å². The van der Waals surface area contributed by atoms with E-state index in [4.69, 9.17) is 9.47 Å². The molecule has 1 aliphatic carbocycles. The van der Waals surface area contributed by atoms with Crippen LogP contribution < -0.4 is 0 Å². The van der Waals surface area contributed by atoms with Gasteiger partial charge in [0.2, 0.25) is 0 Å². The number of carbonyl (C=O) groups excluding carboxylic acids is 2. The Hall–Kier alpha value is -1.06. The van der Waals surface area contributed by atoms with Crippen LogP contribution in [-0.4, -0.2) is 26.2 Å². The fourth-order valence-corrected chi connectivity index (χ4v) is 2.59. The van der Waals surface area contributed by atoms with Gasteiger partial charge in [0.05, 0.1) is 25.6 Å². The lowest BCUT2D eigenvalue weighted by atomic mass is 9.75. The number of methoxy groups -OCH3 is 2. The molecule has 1 fully saturated rings. The maximum atomic E-state index is 11.9. The summed E-state index contributed by atoms with van der Waals surface area (Å²) >= 11 is 0. The Balaban J connectivity index is 2.85. The second kappa shape index (κ2) is 4.85. The molecular formula is C12H20O4. The van der Waals surface area contributed by atoms with Gasteiger partial charge in [-0.1, -0.05) is 13.8 Å². The van der Waals surface area contributed by atoms with E-state index in [1.165, 1.54) is 14.2 Å². The molecule has 0 aromatic carbocycles. The monoisotopic (exact) mass is 228 g/mol. The molecule has 1 saturated carbocycles. The predicted molar refractivity (Wildman–Crippen MR) is 58.6 cm³/mol. The lowest BCUT2D eigenvalue weighted by Gasteiger charge is -2.30. The molecule has 1 aliphatic rings. The Morgan fingerprint density at radius 1 is 1.25 bits per heavy atom. The van der Waals surface area contributed by atoms with Crippen LogP contribution in [0.2, 0.25) is 0 Å². The van der Waals surface area contributed by atoms with Crippen molar-refractivity contribution in [3.05, 3.63) is 0 Å². The summed E-state index contributed by atoms with van der Waals surface area (Å²) < 4.78 is 9.60. The van der Waals surface area contributed by atoms with Gasteiger partial charge >= 0.3 is 11.9 Å². The summed E-state index contributed by atoms with van der Waals surface area (Å²) in [6.07, 6.45) is 1.96. The lowest BCUT2D eigenvalue weighted by molar-refractivity contribution is -0.156. The molecule has 0 amide bonds. The Labute approximate surface area is 96.3 Å². The third-order valence-corrected chi connectivity index (χ3v) is 3.78. The molecule has 92 valence electrons. The topological polar surface area (TPSA) is 52.6 Å². The van der Waals surface area contributed by atoms with Crippen LogP contribution in [0.5, 0.6) is 0 Å². The SMILES string of the molecule is COC(=O)C1CCC(C(=O)OC)(C(C)C)C1. The molecular weight excluding hydrogens is 208 g/mol. The van der Waals surface area contributed by atoms with Crippen LogP contribution in [-0.2, 0) is 19.1 Å². The summed E-state index contributed by atoms with van der Waals surface area (Å²) in [5.74, 6) is -0.401. The molecule has 1 rings (SSSR count). The van der Waals surface area contributed by atoms with Crippen molar-refractivity contribution >= 4 is 11.9 Å². The van der Waals surface area contributed by atoms with Crippen LogP contribution in [0.25, 0.3) is 0 Å². The molecule has 0 bridgehead atoms. The molecule has 2 unspecified atom stereocenters. The lowest BCUT2D eigenvalue weighted by Crippen LogP contribution is -2.35. The van der Waals surface area contributed by atoms with Crippen LogP contribution >= 0.6 is 0 Å². The molecule has 0 spiro atoms. The molecule has 0 radical (unpaired) electrons. The van der Waals surface area contributed by atoms with E-state index in [9.17, 15) is 9.59 Å². The first-order valence-corrected chi connectivity index (χ1v) is 5.64. The standard InChI is InChI=1S/C12H20O4/c1-8(2)12(11(14)16-4)6-5-9(7-12)10(13)15-3/h8-9H,5-7H2,1-4H3. The van der Waals surface area contributed by atoms with Crippen LogP contribution in [0, 0.1) is 17.3 Å². The first-order chi connectivity index (χ1) is 7.47. The maximum absolute atomic E-state index is 11.9. The highest BCUT2D eigenvalue weighted by atomic mass is 16.5. The highest BCUT2D eigenvalue weighted by molar-refractivity contribution is 5.80. The summed E-state index contributed by atoms with van der Waals surface area (Å²) in [5.41, 5.74) is -0.506. The van der Waals surface area contributed by atoms with E-state index < -0.39 is 5.41 Å². The van der Waals surface area contributed by atoms with Crippen molar-refractivity contribution in [2.24, 2.45) is 17.3 Å². The smallest absolute Gasteiger partial charge is 0.312 e. The molecule has 4 nitrogen and oxygen atoms in total. The first kappa shape index (κ1) is 13.0. The number of hydrogen-bond acceptors (Lipinski definition) is 4. The third-order valence-electron chi connectivity index (χ3n) is 3.78. The maximum Gasteiger partial charge on any atom is 0.312 e. The normalized spacial score (nSPS) is 29.2. The number of esters is 2. The zero-order valence-corrected chi connectivity index (χ0v) is 10.4. The Kier molecular flexibility index (Phi) is 3.94. The minimum atomic E-state index is -0.506. The van der Waals surface area contributed by atoms with Crippen molar-refractivity contribution < 1.29 is 19.1 Å². The highest BCUT2D eigenvalue weighted by Gasteiger charge is 2.50. The molecule has 4 heteroatoms. The number of ether oxygens (including phenoxy) is 2. The molecule has 0 heterocycles. The zero-order valence-electron chi connectivity index (χ0n) is 10.4. The quantitative estimate of drug-likeness (QED) is 0.691. The fourth-order valence-electron chi connectivity index (χ4n) is 2.59. The second-order valence-corrected chi connectivity index (χ2v) is 4.77. The molecule has 16 heavy (non-hydrogen) atoms. The third kappa shape index (κ3) is 2.06. The van der Waals surface area contributed by atoms with Gasteiger partial charge in [0.25, 0.3) is 0 Å². The summed E-state index contributed by atoms with van der Waals surface area (Å²) in [6, 6.07) is 0. The molecule has 0 aliphatic heterocycles. The number of rotatable bonds is 3. The predicted octanol–water partition coefficient (Wildman–Crippen LogP) is 1.77. The Bertz CT molecular complexity index is 285. The summed E-state index contributed by atoms with van der Waals surface area (Å²) in [6.45, 7) is 3.99. The first-order valence-electron chi connectivity index (χ1n) is 5.64. The summed E-state index contributed by atoms with van der Waals surface area (Å²) in [4.78, 5) is 23.3. The zero-order chi connectivity index (χ0) is 12.3. The average Bonchev–Trinajstić information content (AvgIpc) is 2.73. The van der Waals surface area contributed by atoms with E-state index in [1.54, 1.807) is 0 Å². The largest absolute Gasteiger partial charge is 0.469 e. The van der Waals surface area contributed by atoms with E-state index in [-0.39, 0.29) is 23.8 Å².